The second-order valence-electron chi connectivity index (χ2n) is 6.26. The molecule has 3 fully saturated rings. The highest BCUT2D eigenvalue weighted by Gasteiger charge is 2.44. The molecule has 0 unspecified atom stereocenters. The number of aliphatic hydroxyl groups is 2. The summed E-state index contributed by atoms with van der Waals surface area (Å²) in [7, 11) is 0. The normalized spacial score (nSPS) is 35.5. The number of rotatable bonds is 6. The quantitative estimate of drug-likeness (QED) is 0.486. The lowest BCUT2D eigenvalue weighted by Gasteiger charge is -2.15. The average molecular weight is 298 g/mol. The summed E-state index contributed by atoms with van der Waals surface area (Å²) in [4.78, 5) is 23.3. The zero-order chi connectivity index (χ0) is 15.0. The van der Waals surface area contributed by atoms with Gasteiger partial charge in [-0.3, -0.25) is 9.59 Å². The predicted molar refractivity (Wildman–Crippen MR) is 72.2 cm³/mol. The molecule has 118 valence electrons. The van der Waals surface area contributed by atoms with Crippen molar-refractivity contribution in [2.45, 2.75) is 62.6 Å². The molecule has 1 heterocycles. The van der Waals surface area contributed by atoms with Crippen molar-refractivity contribution in [2.75, 3.05) is 6.54 Å². The SMILES string of the molecule is O=C(C[C@@H]1O[C@H](CNC(=O)C2CC2)[C@@H](O)[C@H]1O)NC1CC1. The molecule has 0 aromatic carbocycles. The number of carbonyl (C=O) groups excluding carboxylic acids is 2. The molecule has 3 rings (SSSR count). The first-order valence-corrected chi connectivity index (χ1v) is 7.63. The number of aliphatic hydroxyl groups excluding tert-OH is 2. The fourth-order valence-electron chi connectivity index (χ4n) is 2.55. The molecule has 21 heavy (non-hydrogen) atoms. The number of hydrogen-bond acceptors (Lipinski definition) is 5. The van der Waals surface area contributed by atoms with Crippen LogP contribution in [0.25, 0.3) is 0 Å². The van der Waals surface area contributed by atoms with Gasteiger partial charge in [0.1, 0.15) is 18.3 Å². The van der Waals surface area contributed by atoms with Crippen LogP contribution in [0.3, 0.4) is 0 Å². The molecule has 0 spiro atoms. The van der Waals surface area contributed by atoms with E-state index >= 15 is 0 Å². The van der Waals surface area contributed by atoms with Gasteiger partial charge in [-0.05, 0) is 25.7 Å². The first-order chi connectivity index (χ1) is 10.0. The van der Waals surface area contributed by atoms with Crippen molar-refractivity contribution in [3.05, 3.63) is 0 Å². The van der Waals surface area contributed by atoms with Crippen LogP contribution >= 0.6 is 0 Å². The van der Waals surface area contributed by atoms with E-state index in [1.54, 1.807) is 0 Å². The summed E-state index contributed by atoms with van der Waals surface area (Å²) in [5.74, 6) is -0.111. The highest BCUT2D eigenvalue weighted by Crippen LogP contribution is 2.29. The van der Waals surface area contributed by atoms with Crippen LogP contribution in [0.1, 0.15) is 32.1 Å². The Bertz CT molecular complexity index is 422. The minimum Gasteiger partial charge on any atom is -0.388 e. The Balaban J connectivity index is 1.45. The first kappa shape index (κ1) is 14.7. The van der Waals surface area contributed by atoms with E-state index in [9.17, 15) is 19.8 Å². The van der Waals surface area contributed by atoms with Crippen molar-refractivity contribution < 1.29 is 24.5 Å². The first-order valence-electron chi connectivity index (χ1n) is 7.63. The third-order valence-electron chi connectivity index (χ3n) is 4.22. The average Bonchev–Trinajstić information content (AvgIpc) is 3.32. The Hall–Kier alpha value is -1.18. The lowest BCUT2D eigenvalue weighted by molar-refractivity contribution is -0.126. The van der Waals surface area contributed by atoms with Crippen LogP contribution in [0.15, 0.2) is 0 Å². The molecule has 0 bridgehead atoms. The summed E-state index contributed by atoms with van der Waals surface area (Å²) >= 11 is 0. The van der Waals surface area contributed by atoms with Crippen molar-refractivity contribution in [3.8, 4) is 0 Å². The Morgan fingerprint density at radius 2 is 1.71 bits per heavy atom. The fourth-order valence-corrected chi connectivity index (χ4v) is 2.55. The third-order valence-corrected chi connectivity index (χ3v) is 4.22. The summed E-state index contributed by atoms with van der Waals surface area (Å²) in [6, 6.07) is 0.259. The van der Waals surface area contributed by atoms with Gasteiger partial charge in [-0.15, -0.1) is 0 Å². The molecule has 2 saturated carbocycles. The molecule has 0 aromatic rings. The highest BCUT2D eigenvalue weighted by atomic mass is 16.5. The van der Waals surface area contributed by atoms with Gasteiger partial charge in [0, 0.05) is 18.5 Å². The minimum atomic E-state index is -1.10. The molecule has 2 amide bonds. The lowest BCUT2D eigenvalue weighted by atomic mass is 10.1. The molecule has 0 aromatic heterocycles. The van der Waals surface area contributed by atoms with Gasteiger partial charge in [0.2, 0.25) is 11.8 Å². The topological polar surface area (TPSA) is 108 Å². The van der Waals surface area contributed by atoms with Crippen LogP contribution in [0.4, 0.5) is 0 Å². The van der Waals surface area contributed by atoms with E-state index in [1.807, 2.05) is 0 Å². The standard InChI is InChI=1S/C14H22N2O5/c17-11(16-8-3-4-8)5-9-12(18)13(19)10(21-9)6-15-14(20)7-1-2-7/h7-10,12-13,18-19H,1-6H2,(H,15,20)(H,16,17)/t9-,10+,12-,13+/m0/s1. The van der Waals surface area contributed by atoms with Gasteiger partial charge in [0.15, 0.2) is 0 Å². The third kappa shape index (κ3) is 3.72. The summed E-state index contributed by atoms with van der Waals surface area (Å²) in [5, 5.41) is 25.4. The lowest BCUT2D eigenvalue weighted by Crippen LogP contribution is -2.40. The van der Waals surface area contributed by atoms with Crippen LogP contribution in [0.5, 0.6) is 0 Å². The largest absolute Gasteiger partial charge is 0.388 e. The summed E-state index contributed by atoms with van der Waals surface area (Å²) in [6.45, 7) is 0.161. The van der Waals surface area contributed by atoms with Crippen molar-refractivity contribution in [2.24, 2.45) is 5.92 Å². The van der Waals surface area contributed by atoms with Gasteiger partial charge in [-0.1, -0.05) is 0 Å². The molecule has 1 saturated heterocycles. The molecular weight excluding hydrogens is 276 g/mol. The maximum atomic E-state index is 11.7. The van der Waals surface area contributed by atoms with E-state index < -0.39 is 24.4 Å². The van der Waals surface area contributed by atoms with Crippen LogP contribution in [-0.2, 0) is 14.3 Å². The molecule has 4 N–H and O–H groups in total. The molecule has 7 nitrogen and oxygen atoms in total. The van der Waals surface area contributed by atoms with E-state index in [0.717, 1.165) is 25.7 Å². The van der Waals surface area contributed by atoms with Crippen molar-refractivity contribution in [1.82, 2.24) is 10.6 Å². The van der Waals surface area contributed by atoms with E-state index in [1.165, 1.54) is 0 Å². The Labute approximate surface area is 123 Å². The molecule has 4 atom stereocenters. The van der Waals surface area contributed by atoms with Gasteiger partial charge < -0.3 is 25.6 Å². The highest BCUT2D eigenvalue weighted by molar-refractivity contribution is 5.80. The van der Waals surface area contributed by atoms with E-state index in [-0.39, 0.29) is 36.7 Å². The van der Waals surface area contributed by atoms with Gasteiger partial charge in [-0.2, -0.15) is 0 Å². The number of ether oxygens (including phenoxy) is 1. The van der Waals surface area contributed by atoms with Crippen LogP contribution < -0.4 is 10.6 Å². The molecule has 1 aliphatic heterocycles. The zero-order valence-corrected chi connectivity index (χ0v) is 11.8. The van der Waals surface area contributed by atoms with Crippen LogP contribution in [-0.4, -0.2) is 59.0 Å². The Morgan fingerprint density at radius 1 is 1.05 bits per heavy atom. The molecule has 3 aliphatic rings. The smallest absolute Gasteiger partial charge is 0.223 e. The number of nitrogens with one attached hydrogen (secondary N) is 2. The van der Waals surface area contributed by atoms with Crippen LogP contribution in [0.2, 0.25) is 0 Å². The van der Waals surface area contributed by atoms with E-state index in [4.69, 9.17) is 4.74 Å². The molecule has 7 heteroatoms. The summed E-state index contributed by atoms with van der Waals surface area (Å²) < 4.78 is 5.53. The Morgan fingerprint density at radius 3 is 2.33 bits per heavy atom. The maximum absolute atomic E-state index is 11.7. The second kappa shape index (κ2) is 5.90. The van der Waals surface area contributed by atoms with Crippen molar-refractivity contribution in [3.63, 3.8) is 0 Å². The number of hydrogen-bond donors (Lipinski definition) is 4. The number of amides is 2. The van der Waals surface area contributed by atoms with Crippen LogP contribution in [0, 0.1) is 5.92 Å². The fraction of sp³-hybridized carbons (Fsp3) is 0.857. The van der Waals surface area contributed by atoms with Gasteiger partial charge in [0.25, 0.3) is 0 Å². The second-order valence-corrected chi connectivity index (χ2v) is 6.26. The zero-order valence-electron chi connectivity index (χ0n) is 11.8. The molecular formula is C14H22N2O5. The minimum absolute atomic E-state index is 0.0296. The summed E-state index contributed by atoms with van der Waals surface area (Å²) in [6.07, 6.45) is 0.279. The Kier molecular flexibility index (Phi) is 4.14. The van der Waals surface area contributed by atoms with Crippen molar-refractivity contribution >= 4 is 11.8 Å². The maximum Gasteiger partial charge on any atom is 0.223 e. The van der Waals surface area contributed by atoms with Gasteiger partial charge in [0.05, 0.1) is 12.5 Å². The predicted octanol–water partition coefficient (Wildman–Crippen LogP) is -1.33. The molecule has 0 radical (unpaired) electrons. The summed E-state index contributed by atoms with van der Waals surface area (Å²) in [5.41, 5.74) is 0. The number of carbonyl (C=O) groups is 2. The van der Waals surface area contributed by atoms with Gasteiger partial charge in [-0.25, -0.2) is 0 Å². The molecule has 2 aliphatic carbocycles. The monoisotopic (exact) mass is 298 g/mol. The van der Waals surface area contributed by atoms with E-state index in [0.29, 0.717) is 0 Å². The van der Waals surface area contributed by atoms with E-state index in [2.05, 4.69) is 10.6 Å². The van der Waals surface area contributed by atoms with Gasteiger partial charge >= 0.3 is 0 Å². The van der Waals surface area contributed by atoms with Crippen molar-refractivity contribution in [1.29, 1.82) is 0 Å².